The highest BCUT2D eigenvalue weighted by Crippen LogP contribution is 2.08. The Kier molecular flexibility index (Phi) is 7.37. The minimum atomic E-state index is -3.31. The molecule has 27 heavy (non-hydrogen) atoms. The van der Waals surface area contributed by atoms with Crippen molar-refractivity contribution in [3.8, 4) is 0 Å². The fraction of sp³-hybridized carbons (Fsp3) is 0.444. The molecule has 0 saturated heterocycles. The van der Waals surface area contributed by atoms with Crippen LogP contribution in [0, 0.1) is 0 Å². The zero-order valence-electron chi connectivity index (χ0n) is 16.2. The average molecular weight is 393 g/mol. The minimum absolute atomic E-state index is 0.0210. The predicted molar refractivity (Wildman–Crippen MR) is 108 cm³/mol. The van der Waals surface area contributed by atoms with Crippen LogP contribution in [0.25, 0.3) is 0 Å². The van der Waals surface area contributed by atoms with Crippen molar-refractivity contribution < 1.29 is 8.42 Å². The maximum atomic E-state index is 12.0. The molecule has 0 unspecified atom stereocenters. The minimum Gasteiger partial charge on any atom is -0.352 e. The van der Waals surface area contributed by atoms with Crippen molar-refractivity contribution in [2.24, 2.45) is 12.0 Å². The molecular weight excluding hydrogens is 364 g/mol. The van der Waals surface area contributed by atoms with E-state index in [-0.39, 0.29) is 11.8 Å². The standard InChI is InChI=1S/C18H28N6O2S/c1-14(2)23-27(25,26)13-16-7-5-15(6-8-16)11-20-18(19-3)21-12-17-9-10-22-24(17)4/h5-10,14,23H,11-13H2,1-4H3,(H2,19,20,21). The molecule has 148 valence electrons. The molecule has 0 bridgehead atoms. The highest BCUT2D eigenvalue weighted by molar-refractivity contribution is 7.88. The van der Waals surface area contributed by atoms with Gasteiger partial charge in [-0.2, -0.15) is 5.10 Å². The van der Waals surface area contributed by atoms with Gasteiger partial charge in [0, 0.05) is 32.9 Å². The Balaban J connectivity index is 1.85. The van der Waals surface area contributed by atoms with E-state index in [0.29, 0.717) is 19.0 Å². The monoisotopic (exact) mass is 392 g/mol. The SMILES string of the molecule is CN=C(NCc1ccc(CS(=O)(=O)NC(C)C)cc1)NCc1ccnn1C. The molecule has 2 aromatic rings. The van der Waals surface area contributed by atoms with E-state index in [1.54, 1.807) is 17.9 Å². The molecular formula is C18H28N6O2S. The van der Waals surface area contributed by atoms with Gasteiger partial charge in [0.05, 0.1) is 18.0 Å². The van der Waals surface area contributed by atoms with Crippen LogP contribution in [0.2, 0.25) is 0 Å². The summed E-state index contributed by atoms with van der Waals surface area (Å²) in [5, 5.41) is 10.6. The van der Waals surface area contributed by atoms with E-state index in [0.717, 1.165) is 16.8 Å². The Morgan fingerprint density at radius 3 is 2.30 bits per heavy atom. The molecule has 0 fully saturated rings. The van der Waals surface area contributed by atoms with Crippen LogP contribution in [0.3, 0.4) is 0 Å². The molecule has 1 aromatic heterocycles. The van der Waals surface area contributed by atoms with Crippen LogP contribution in [-0.4, -0.2) is 37.2 Å². The highest BCUT2D eigenvalue weighted by Gasteiger charge is 2.12. The van der Waals surface area contributed by atoms with E-state index in [4.69, 9.17) is 0 Å². The summed E-state index contributed by atoms with van der Waals surface area (Å²) in [4.78, 5) is 4.20. The molecule has 0 radical (unpaired) electrons. The fourth-order valence-corrected chi connectivity index (χ4v) is 3.96. The van der Waals surface area contributed by atoms with Gasteiger partial charge in [-0.05, 0) is 31.0 Å². The zero-order valence-corrected chi connectivity index (χ0v) is 17.0. The third-order valence-corrected chi connectivity index (χ3v) is 5.38. The summed E-state index contributed by atoms with van der Waals surface area (Å²) in [5.74, 6) is 0.663. The summed E-state index contributed by atoms with van der Waals surface area (Å²) >= 11 is 0. The first kappa shape index (κ1) is 20.9. The molecule has 9 heteroatoms. The summed E-state index contributed by atoms with van der Waals surface area (Å²) in [6, 6.07) is 9.35. The predicted octanol–water partition coefficient (Wildman–Crippen LogP) is 1.11. The van der Waals surface area contributed by atoms with Gasteiger partial charge in [0.1, 0.15) is 0 Å². The summed E-state index contributed by atoms with van der Waals surface area (Å²) < 4.78 is 28.4. The molecule has 0 aliphatic heterocycles. The van der Waals surface area contributed by atoms with Crippen molar-refractivity contribution in [1.82, 2.24) is 25.1 Å². The van der Waals surface area contributed by atoms with Crippen molar-refractivity contribution in [1.29, 1.82) is 0 Å². The van der Waals surface area contributed by atoms with Crippen LogP contribution in [-0.2, 0) is 35.9 Å². The molecule has 0 saturated carbocycles. The number of benzene rings is 1. The second kappa shape index (κ2) is 9.52. The van der Waals surface area contributed by atoms with Gasteiger partial charge in [0.25, 0.3) is 0 Å². The molecule has 2 rings (SSSR count). The first-order valence-corrected chi connectivity index (χ1v) is 10.4. The Bertz CT molecular complexity index is 856. The van der Waals surface area contributed by atoms with Crippen molar-refractivity contribution in [2.75, 3.05) is 7.05 Å². The Hall–Kier alpha value is -2.39. The molecule has 0 amide bonds. The lowest BCUT2D eigenvalue weighted by atomic mass is 10.1. The molecule has 8 nitrogen and oxygen atoms in total. The number of rotatable bonds is 8. The fourth-order valence-electron chi connectivity index (χ4n) is 2.53. The average Bonchev–Trinajstić information content (AvgIpc) is 3.00. The van der Waals surface area contributed by atoms with Gasteiger partial charge in [0.2, 0.25) is 10.0 Å². The topological polar surface area (TPSA) is 100 Å². The molecule has 1 aromatic carbocycles. The van der Waals surface area contributed by atoms with Crippen LogP contribution in [0.1, 0.15) is 30.7 Å². The largest absolute Gasteiger partial charge is 0.352 e. The van der Waals surface area contributed by atoms with E-state index >= 15 is 0 Å². The lowest BCUT2D eigenvalue weighted by molar-refractivity contribution is 0.569. The molecule has 0 spiro atoms. The summed E-state index contributed by atoms with van der Waals surface area (Å²) in [6.45, 7) is 4.82. The lowest BCUT2D eigenvalue weighted by Gasteiger charge is -2.13. The summed E-state index contributed by atoms with van der Waals surface area (Å²) in [5.41, 5.74) is 2.85. The first-order chi connectivity index (χ1) is 12.8. The Morgan fingerprint density at radius 1 is 1.11 bits per heavy atom. The number of hydrogen-bond acceptors (Lipinski definition) is 4. The molecule has 1 heterocycles. The number of nitrogens with zero attached hydrogens (tertiary/aromatic N) is 3. The maximum absolute atomic E-state index is 12.0. The lowest BCUT2D eigenvalue weighted by Crippen LogP contribution is -2.36. The van der Waals surface area contributed by atoms with Gasteiger partial charge < -0.3 is 10.6 Å². The molecule has 0 aliphatic rings. The van der Waals surface area contributed by atoms with Crippen LogP contribution < -0.4 is 15.4 Å². The van der Waals surface area contributed by atoms with E-state index in [9.17, 15) is 8.42 Å². The van der Waals surface area contributed by atoms with Gasteiger partial charge in [-0.3, -0.25) is 9.67 Å². The summed E-state index contributed by atoms with van der Waals surface area (Å²) in [6.07, 6.45) is 1.76. The number of guanidine groups is 1. The van der Waals surface area contributed by atoms with Crippen molar-refractivity contribution in [2.45, 2.75) is 38.7 Å². The quantitative estimate of drug-likeness (QED) is 0.462. The molecule has 3 N–H and O–H groups in total. The second-order valence-electron chi connectivity index (χ2n) is 6.57. The smallest absolute Gasteiger partial charge is 0.216 e. The highest BCUT2D eigenvalue weighted by atomic mass is 32.2. The number of aryl methyl sites for hydroxylation is 1. The van der Waals surface area contributed by atoms with E-state index in [1.165, 1.54) is 0 Å². The van der Waals surface area contributed by atoms with E-state index in [2.05, 4.69) is 25.4 Å². The van der Waals surface area contributed by atoms with Crippen molar-refractivity contribution in [3.05, 3.63) is 53.3 Å². The van der Waals surface area contributed by atoms with Crippen LogP contribution in [0.15, 0.2) is 41.5 Å². The van der Waals surface area contributed by atoms with E-state index in [1.807, 2.05) is 51.2 Å². The van der Waals surface area contributed by atoms with Gasteiger partial charge in [-0.25, -0.2) is 13.1 Å². The van der Waals surface area contributed by atoms with Crippen LogP contribution in [0.5, 0.6) is 0 Å². The number of nitrogens with one attached hydrogen (secondary N) is 3. The third-order valence-electron chi connectivity index (χ3n) is 3.84. The number of aromatic nitrogens is 2. The third kappa shape index (κ3) is 7.03. The number of sulfonamides is 1. The summed E-state index contributed by atoms with van der Waals surface area (Å²) in [7, 11) is 0.300. The zero-order chi connectivity index (χ0) is 19.9. The number of hydrogen-bond donors (Lipinski definition) is 3. The second-order valence-corrected chi connectivity index (χ2v) is 8.33. The van der Waals surface area contributed by atoms with Crippen LogP contribution >= 0.6 is 0 Å². The van der Waals surface area contributed by atoms with Crippen molar-refractivity contribution in [3.63, 3.8) is 0 Å². The Morgan fingerprint density at radius 2 is 1.74 bits per heavy atom. The molecule has 0 aliphatic carbocycles. The molecule has 0 atom stereocenters. The van der Waals surface area contributed by atoms with Crippen LogP contribution in [0.4, 0.5) is 0 Å². The maximum Gasteiger partial charge on any atom is 0.216 e. The number of aliphatic imine (C=N–C) groups is 1. The van der Waals surface area contributed by atoms with Gasteiger partial charge >= 0.3 is 0 Å². The van der Waals surface area contributed by atoms with Gasteiger partial charge in [-0.15, -0.1) is 0 Å². The van der Waals surface area contributed by atoms with Gasteiger partial charge in [-0.1, -0.05) is 24.3 Å². The van der Waals surface area contributed by atoms with E-state index < -0.39 is 10.0 Å². The van der Waals surface area contributed by atoms with Gasteiger partial charge in [0.15, 0.2) is 5.96 Å². The normalized spacial score (nSPS) is 12.4. The Labute approximate surface area is 161 Å². The first-order valence-electron chi connectivity index (χ1n) is 8.78. The van der Waals surface area contributed by atoms with Crippen molar-refractivity contribution >= 4 is 16.0 Å².